The van der Waals surface area contributed by atoms with Crippen LogP contribution in [0.2, 0.25) is 0 Å². The molecule has 1 saturated heterocycles. The molecule has 144 valence electrons. The molecule has 2 atom stereocenters. The van der Waals surface area contributed by atoms with Gasteiger partial charge in [-0.1, -0.05) is 0 Å². The van der Waals surface area contributed by atoms with Crippen molar-refractivity contribution >= 4 is 34.3 Å². The fraction of sp³-hybridized carbons (Fsp3) is 0.304. The Balaban J connectivity index is 1.71. The number of morpholine rings is 1. The predicted octanol–water partition coefficient (Wildman–Crippen LogP) is 4.71. The summed E-state index contributed by atoms with van der Waals surface area (Å²) in [6, 6.07) is 16.0. The molecule has 0 saturated carbocycles. The van der Waals surface area contributed by atoms with Crippen LogP contribution in [-0.4, -0.2) is 36.6 Å². The van der Waals surface area contributed by atoms with Crippen LogP contribution in [0.5, 0.6) is 0 Å². The maximum atomic E-state index is 10.9. The van der Waals surface area contributed by atoms with Crippen LogP contribution in [0.15, 0.2) is 48.5 Å². The summed E-state index contributed by atoms with van der Waals surface area (Å²) in [6.07, 6.45) is 1.28. The highest BCUT2D eigenvalue weighted by molar-refractivity contribution is 5.95. The van der Waals surface area contributed by atoms with Crippen molar-refractivity contribution in [2.75, 3.05) is 23.3 Å². The van der Waals surface area contributed by atoms with Crippen molar-refractivity contribution in [2.24, 2.45) is 0 Å². The standard InChI is InChI=1S/C23H25N3O2/c1-15-10-23(25-19-6-4-18(14-27)5-7-19)21-11-20(8-9-22(21)24-15)26-12-16(2)28-17(3)13-26/h4-11,14,16-17H,12-13H2,1-3H3,(H,24,25). The molecule has 0 bridgehead atoms. The molecule has 0 radical (unpaired) electrons. The van der Waals surface area contributed by atoms with E-state index in [9.17, 15) is 4.79 Å². The molecular formula is C23H25N3O2. The normalized spacial score (nSPS) is 19.6. The van der Waals surface area contributed by atoms with Crippen molar-refractivity contribution in [2.45, 2.75) is 33.0 Å². The van der Waals surface area contributed by atoms with Gasteiger partial charge in [-0.25, -0.2) is 0 Å². The Morgan fingerprint density at radius 1 is 1.07 bits per heavy atom. The number of hydrogen-bond donors (Lipinski definition) is 1. The number of rotatable bonds is 4. The van der Waals surface area contributed by atoms with E-state index in [2.05, 4.69) is 48.3 Å². The predicted molar refractivity (Wildman–Crippen MR) is 114 cm³/mol. The molecule has 3 aromatic rings. The van der Waals surface area contributed by atoms with E-state index in [1.54, 1.807) is 0 Å². The summed E-state index contributed by atoms with van der Waals surface area (Å²) in [5, 5.41) is 4.57. The summed E-state index contributed by atoms with van der Waals surface area (Å²) in [4.78, 5) is 18.0. The number of nitrogens with one attached hydrogen (secondary N) is 1. The minimum absolute atomic E-state index is 0.213. The molecule has 0 aliphatic carbocycles. The van der Waals surface area contributed by atoms with Crippen LogP contribution in [0.1, 0.15) is 29.9 Å². The minimum Gasteiger partial charge on any atom is -0.372 e. The van der Waals surface area contributed by atoms with E-state index in [4.69, 9.17) is 9.72 Å². The van der Waals surface area contributed by atoms with Crippen molar-refractivity contribution < 1.29 is 9.53 Å². The SMILES string of the molecule is Cc1cc(Nc2ccc(C=O)cc2)c2cc(N3CC(C)OC(C)C3)ccc2n1. The molecule has 1 aromatic heterocycles. The molecule has 1 aliphatic rings. The van der Waals surface area contributed by atoms with E-state index in [1.807, 2.05) is 31.2 Å². The second-order valence-electron chi connectivity index (χ2n) is 7.54. The van der Waals surface area contributed by atoms with E-state index in [1.165, 1.54) is 5.69 Å². The Morgan fingerprint density at radius 3 is 2.46 bits per heavy atom. The molecule has 0 amide bonds. The number of benzene rings is 2. The lowest BCUT2D eigenvalue weighted by atomic mass is 10.1. The highest BCUT2D eigenvalue weighted by atomic mass is 16.5. The Bertz CT molecular complexity index is 991. The molecule has 5 heteroatoms. The lowest BCUT2D eigenvalue weighted by Crippen LogP contribution is -2.45. The van der Waals surface area contributed by atoms with Crippen molar-refractivity contribution in [1.82, 2.24) is 4.98 Å². The van der Waals surface area contributed by atoms with E-state index in [-0.39, 0.29) is 12.2 Å². The number of pyridine rings is 1. The zero-order valence-corrected chi connectivity index (χ0v) is 16.5. The fourth-order valence-corrected chi connectivity index (χ4v) is 3.84. The average Bonchev–Trinajstić information content (AvgIpc) is 2.67. The molecule has 5 nitrogen and oxygen atoms in total. The number of aldehydes is 1. The third-order valence-corrected chi connectivity index (χ3v) is 5.03. The van der Waals surface area contributed by atoms with E-state index in [0.717, 1.165) is 47.3 Å². The Labute approximate surface area is 165 Å². The average molecular weight is 375 g/mol. The van der Waals surface area contributed by atoms with Gasteiger partial charge in [0.1, 0.15) is 6.29 Å². The molecular weight excluding hydrogens is 350 g/mol. The van der Waals surface area contributed by atoms with Gasteiger partial charge in [-0.15, -0.1) is 0 Å². The number of carbonyl (C=O) groups excluding carboxylic acids is 1. The van der Waals surface area contributed by atoms with Gasteiger partial charge in [0, 0.05) is 46.8 Å². The quantitative estimate of drug-likeness (QED) is 0.669. The maximum absolute atomic E-state index is 10.9. The van der Waals surface area contributed by atoms with Gasteiger partial charge < -0.3 is 15.0 Å². The maximum Gasteiger partial charge on any atom is 0.150 e. The summed E-state index contributed by atoms with van der Waals surface area (Å²) >= 11 is 0. The Morgan fingerprint density at radius 2 is 1.79 bits per heavy atom. The molecule has 2 aromatic carbocycles. The summed E-state index contributed by atoms with van der Waals surface area (Å²) < 4.78 is 5.87. The highest BCUT2D eigenvalue weighted by Gasteiger charge is 2.22. The fourth-order valence-electron chi connectivity index (χ4n) is 3.84. The zero-order chi connectivity index (χ0) is 19.7. The monoisotopic (exact) mass is 375 g/mol. The van der Waals surface area contributed by atoms with Gasteiger partial charge in [0.2, 0.25) is 0 Å². The lowest BCUT2D eigenvalue weighted by molar-refractivity contribution is -0.00521. The van der Waals surface area contributed by atoms with Crippen LogP contribution in [0.4, 0.5) is 17.1 Å². The molecule has 1 aliphatic heterocycles. The van der Waals surface area contributed by atoms with E-state index < -0.39 is 0 Å². The molecule has 1 N–H and O–H groups in total. The first-order valence-corrected chi connectivity index (χ1v) is 9.66. The first kappa shape index (κ1) is 18.4. The highest BCUT2D eigenvalue weighted by Crippen LogP contribution is 2.31. The third kappa shape index (κ3) is 3.85. The van der Waals surface area contributed by atoms with Crippen molar-refractivity contribution in [1.29, 1.82) is 0 Å². The third-order valence-electron chi connectivity index (χ3n) is 5.03. The number of ether oxygens (including phenoxy) is 1. The number of hydrogen-bond acceptors (Lipinski definition) is 5. The second kappa shape index (κ2) is 7.60. The van der Waals surface area contributed by atoms with Gasteiger partial charge in [-0.2, -0.15) is 0 Å². The summed E-state index contributed by atoms with van der Waals surface area (Å²) in [5.41, 5.74) is 5.72. The zero-order valence-electron chi connectivity index (χ0n) is 16.5. The minimum atomic E-state index is 0.213. The summed E-state index contributed by atoms with van der Waals surface area (Å²) in [5.74, 6) is 0. The number of anilines is 3. The van der Waals surface area contributed by atoms with Crippen LogP contribution in [0.25, 0.3) is 10.9 Å². The number of aromatic nitrogens is 1. The van der Waals surface area contributed by atoms with Gasteiger partial charge in [-0.05, 0) is 69.3 Å². The van der Waals surface area contributed by atoms with Gasteiger partial charge in [0.25, 0.3) is 0 Å². The van der Waals surface area contributed by atoms with Crippen LogP contribution < -0.4 is 10.2 Å². The van der Waals surface area contributed by atoms with Gasteiger partial charge >= 0.3 is 0 Å². The Kier molecular flexibility index (Phi) is 5.01. The molecule has 0 spiro atoms. The van der Waals surface area contributed by atoms with Crippen LogP contribution in [0, 0.1) is 6.92 Å². The first-order valence-electron chi connectivity index (χ1n) is 9.66. The van der Waals surface area contributed by atoms with Crippen molar-refractivity contribution in [3.8, 4) is 0 Å². The van der Waals surface area contributed by atoms with E-state index in [0.29, 0.717) is 5.56 Å². The first-order chi connectivity index (χ1) is 13.5. The van der Waals surface area contributed by atoms with E-state index >= 15 is 0 Å². The van der Waals surface area contributed by atoms with Crippen LogP contribution >= 0.6 is 0 Å². The van der Waals surface area contributed by atoms with Gasteiger partial charge in [-0.3, -0.25) is 9.78 Å². The van der Waals surface area contributed by atoms with Crippen molar-refractivity contribution in [3.05, 3.63) is 59.8 Å². The number of nitrogens with zero attached hydrogens (tertiary/aromatic N) is 2. The molecule has 2 heterocycles. The molecule has 4 rings (SSSR count). The molecule has 2 unspecified atom stereocenters. The number of carbonyl (C=O) groups is 1. The topological polar surface area (TPSA) is 54.5 Å². The lowest BCUT2D eigenvalue weighted by Gasteiger charge is -2.37. The number of aryl methyl sites for hydroxylation is 1. The van der Waals surface area contributed by atoms with Crippen LogP contribution in [-0.2, 0) is 4.74 Å². The van der Waals surface area contributed by atoms with Crippen molar-refractivity contribution in [3.63, 3.8) is 0 Å². The summed E-state index contributed by atoms with van der Waals surface area (Å²) in [6.45, 7) is 7.99. The Hall–Kier alpha value is -2.92. The largest absolute Gasteiger partial charge is 0.372 e. The molecule has 28 heavy (non-hydrogen) atoms. The number of fused-ring (bicyclic) bond motifs is 1. The smallest absolute Gasteiger partial charge is 0.150 e. The van der Waals surface area contributed by atoms with Gasteiger partial charge in [0.05, 0.1) is 17.7 Å². The summed E-state index contributed by atoms with van der Waals surface area (Å²) in [7, 11) is 0. The molecule has 1 fully saturated rings. The van der Waals surface area contributed by atoms with Crippen LogP contribution in [0.3, 0.4) is 0 Å². The van der Waals surface area contributed by atoms with Gasteiger partial charge in [0.15, 0.2) is 0 Å². The second-order valence-corrected chi connectivity index (χ2v) is 7.54.